The highest BCUT2D eigenvalue weighted by molar-refractivity contribution is 7.99. The van der Waals surface area contributed by atoms with Gasteiger partial charge in [-0.1, -0.05) is 30.3 Å². The Kier molecular flexibility index (Phi) is 5.03. The largest absolute Gasteiger partial charge is 0.381 e. The quantitative estimate of drug-likeness (QED) is 0.619. The molecule has 4 nitrogen and oxygen atoms in total. The molecule has 2 heterocycles. The van der Waals surface area contributed by atoms with Gasteiger partial charge in [0.15, 0.2) is 5.78 Å². The van der Waals surface area contributed by atoms with Gasteiger partial charge in [-0.15, -0.1) is 0 Å². The summed E-state index contributed by atoms with van der Waals surface area (Å²) in [4.78, 5) is 24.7. The Bertz CT molecular complexity index is 915. The topological polar surface area (TPSA) is 58.2 Å². The molecule has 1 fully saturated rings. The lowest BCUT2D eigenvalue weighted by Gasteiger charge is -2.26. The highest BCUT2D eigenvalue weighted by atomic mass is 32.2. The van der Waals surface area contributed by atoms with Crippen LogP contribution in [-0.2, 0) is 4.79 Å². The van der Waals surface area contributed by atoms with Crippen molar-refractivity contribution in [3.8, 4) is 0 Å². The van der Waals surface area contributed by atoms with E-state index in [0.29, 0.717) is 17.2 Å². The van der Waals surface area contributed by atoms with Crippen molar-refractivity contribution in [2.24, 2.45) is 0 Å². The van der Waals surface area contributed by atoms with Crippen LogP contribution in [0.5, 0.6) is 0 Å². The van der Waals surface area contributed by atoms with E-state index in [1.165, 1.54) is 0 Å². The molecule has 4 rings (SSSR count). The van der Waals surface area contributed by atoms with Gasteiger partial charge in [-0.05, 0) is 55.0 Å². The van der Waals surface area contributed by atoms with E-state index < -0.39 is 0 Å². The number of Topliss-reactive ketones (excluding diaryl/α,β-unsaturated/α-hetero) is 1. The van der Waals surface area contributed by atoms with E-state index in [0.717, 1.165) is 46.9 Å². The predicted octanol–water partition coefficient (Wildman–Crippen LogP) is 4.19. The highest BCUT2D eigenvalue weighted by Gasteiger charge is 2.30. The third kappa shape index (κ3) is 3.65. The van der Waals surface area contributed by atoms with E-state index in [1.54, 1.807) is 13.0 Å². The molecule has 1 saturated heterocycles. The molecule has 0 saturated carbocycles. The van der Waals surface area contributed by atoms with Gasteiger partial charge in [0, 0.05) is 22.9 Å². The number of amides is 1. The summed E-state index contributed by atoms with van der Waals surface area (Å²) in [6.45, 7) is 1.55. The van der Waals surface area contributed by atoms with Crippen molar-refractivity contribution in [1.82, 2.24) is 5.32 Å². The molecular formula is C22H22N2O2S. The third-order valence-electron chi connectivity index (χ3n) is 5.05. The van der Waals surface area contributed by atoms with E-state index in [-0.39, 0.29) is 11.7 Å². The molecule has 0 aromatic heterocycles. The first-order chi connectivity index (χ1) is 13.1. The van der Waals surface area contributed by atoms with Crippen molar-refractivity contribution < 1.29 is 9.59 Å². The van der Waals surface area contributed by atoms with Gasteiger partial charge in [-0.25, -0.2) is 0 Å². The molecule has 1 amide bonds. The maximum absolute atomic E-state index is 12.9. The Morgan fingerprint density at radius 3 is 2.52 bits per heavy atom. The monoisotopic (exact) mass is 378 g/mol. The number of nitrogens with one attached hydrogen (secondary N) is 2. The van der Waals surface area contributed by atoms with Crippen LogP contribution in [0.4, 0.5) is 5.69 Å². The molecule has 0 bridgehead atoms. The number of ketones is 1. The van der Waals surface area contributed by atoms with Gasteiger partial charge in [0.25, 0.3) is 5.91 Å². The molecule has 0 radical (unpaired) electrons. The minimum atomic E-state index is -0.123. The summed E-state index contributed by atoms with van der Waals surface area (Å²) in [6.07, 6.45) is 2.16. The Labute approximate surface area is 163 Å². The number of rotatable bonds is 4. The first-order valence-electron chi connectivity index (χ1n) is 9.24. The molecule has 2 aliphatic heterocycles. The number of carbonyl (C=O) groups excluding carboxylic acids is 2. The zero-order valence-corrected chi connectivity index (χ0v) is 16.1. The summed E-state index contributed by atoms with van der Waals surface area (Å²) in [5.74, 6) is 2.14. The van der Waals surface area contributed by atoms with Crippen molar-refractivity contribution in [3.63, 3.8) is 0 Å². The summed E-state index contributed by atoms with van der Waals surface area (Å²) >= 11 is 1.98. The Morgan fingerprint density at radius 2 is 1.81 bits per heavy atom. The van der Waals surface area contributed by atoms with Gasteiger partial charge in [0.2, 0.25) is 0 Å². The number of carbonyl (C=O) groups is 2. The van der Waals surface area contributed by atoms with Gasteiger partial charge >= 0.3 is 0 Å². The average molecular weight is 378 g/mol. The van der Waals surface area contributed by atoms with Crippen LogP contribution < -0.4 is 10.6 Å². The second kappa shape index (κ2) is 7.61. The first kappa shape index (κ1) is 17.9. The number of fused-ring (bicyclic) bond motifs is 1. The molecule has 138 valence electrons. The molecule has 27 heavy (non-hydrogen) atoms. The second-order valence-corrected chi connectivity index (χ2v) is 8.14. The van der Waals surface area contributed by atoms with Crippen molar-refractivity contribution in [2.75, 3.05) is 16.8 Å². The minimum absolute atomic E-state index is 0.00461. The lowest BCUT2D eigenvalue weighted by molar-refractivity contribution is -0.110. The number of thioether (sulfide) groups is 1. The lowest BCUT2D eigenvalue weighted by Crippen LogP contribution is -2.32. The number of benzene rings is 2. The Hall–Kier alpha value is -2.53. The van der Waals surface area contributed by atoms with Gasteiger partial charge < -0.3 is 10.6 Å². The summed E-state index contributed by atoms with van der Waals surface area (Å²) in [6, 6.07) is 15.7. The van der Waals surface area contributed by atoms with Crippen LogP contribution in [0.2, 0.25) is 0 Å². The summed E-state index contributed by atoms with van der Waals surface area (Å²) in [7, 11) is 0. The van der Waals surface area contributed by atoms with Gasteiger partial charge in [-0.2, -0.15) is 11.8 Å². The SMILES string of the molecule is CC(=O)c1ccc2c(c1)/C(=C(/NC1CCSCC1)c1ccccc1)C(=O)N2. The summed E-state index contributed by atoms with van der Waals surface area (Å²) < 4.78 is 0. The zero-order chi connectivity index (χ0) is 18.8. The molecule has 2 aliphatic rings. The molecule has 2 aromatic carbocycles. The number of hydrogen-bond donors (Lipinski definition) is 2. The van der Waals surface area contributed by atoms with E-state index in [2.05, 4.69) is 10.6 Å². The zero-order valence-electron chi connectivity index (χ0n) is 15.2. The fraction of sp³-hybridized carbons (Fsp3) is 0.273. The lowest BCUT2D eigenvalue weighted by atomic mass is 9.97. The van der Waals surface area contributed by atoms with Gasteiger partial charge in [-0.3, -0.25) is 9.59 Å². The van der Waals surface area contributed by atoms with Crippen LogP contribution in [0.15, 0.2) is 48.5 Å². The number of hydrogen-bond acceptors (Lipinski definition) is 4. The maximum Gasteiger partial charge on any atom is 0.258 e. The first-order valence-corrected chi connectivity index (χ1v) is 10.4. The Balaban J connectivity index is 1.85. The van der Waals surface area contributed by atoms with Crippen molar-refractivity contribution >= 4 is 40.4 Å². The van der Waals surface area contributed by atoms with Crippen LogP contribution >= 0.6 is 11.8 Å². The summed E-state index contributed by atoms with van der Waals surface area (Å²) in [5, 5.41) is 6.60. The maximum atomic E-state index is 12.9. The van der Waals surface area contributed by atoms with Crippen molar-refractivity contribution in [2.45, 2.75) is 25.8 Å². The van der Waals surface area contributed by atoms with Crippen LogP contribution in [0.25, 0.3) is 11.3 Å². The molecule has 2 aromatic rings. The second-order valence-electron chi connectivity index (χ2n) is 6.92. The molecular weight excluding hydrogens is 356 g/mol. The predicted molar refractivity (Wildman–Crippen MR) is 112 cm³/mol. The van der Waals surface area contributed by atoms with Crippen LogP contribution in [0.1, 0.15) is 41.3 Å². The molecule has 2 N–H and O–H groups in total. The highest BCUT2D eigenvalue weighted by Crippen LogP contribution is 2.37. The number of anilines is 1. The van der Waals surface area contributed by atoms with E-state index >= 15 is 0 Å². The molecule has 5 heteroatoms. The van der Waals surface area contributed by atoms with Crippen LogP contribution in [-0.4, -0.2) is 29.2 Å². The third-order valence-corrected chi connectivity index (χ3v) is 6.10. The van der Waals surface area contributed by atoms with E-state index in [1.807, 2.05) is 54.2 Å². The molecule has 0 aliphatic carbocycles. The molecule has 0 unspecified atom stereocenters. The average Bonchev–Trinajstić information content (AvgIpc) is 3.02. The minimum Gasteiger partial charge on any atom is -0.381 e. The molecule has 0 atom stereocenters. The van der Waals surface area contributed by atoms with Crippen molar-refractivity contribution in [1.29, 1.82) is 0 Å². The van der Waals surface area contributed by atoms with Crippen LogP contribution in [0, 0.1) is 0 Å². The smallest absolute Gasteiger partial charge is 0.258 e. The standard InChI is InChI=1S/C22H22N2O2S/c1-14(25)16-7-8-19-18(13-16)20(22(26)24-19)21(15-5-3-2-4-6-15)23-17-9-11-27-12-10-17/h2-8,13,17,23H,9-12H2,1H3,(H,24,26)/b21-20-. The normalized spacial score (nSPS) is 18.6. The van der Waals surface area contributed by atoms with Gasteiger partial charge in [0.1, 0.15) is 0 Å². The molecule has 0 spiro atoms. The van der Waals surface area contributed by atoms with Crippen LogP contribution in [0.3, 0.4) is 0 Å². The fourth-order valence-electron chi connectivity index (χ4n) is 3.59. The van der Waals surface area contributed by atoms with Crippen molar-refractivity contribution in [3.05, 3.63) is 65.2 Å². The van der Waals surface area contributed by atoms with E-state index in [9.17, 15) is 9.59 Å². The fourth-order valence-corrected chi connectivity index (χ4v) is 4.69. The van der Waals surface area contributed by atoms with E-state index in [4.69, 9.17) is 0 Å². The Morgan fingerprint density at radius 1 is 1.07 bits per heavy atom. The van der Waals surface area contributed by atoms with Gasteiger partial charge in [0.05, 0.1) is 11.3 Å². The summed E-state index contributed by atoms with van der Waals surface area (Å²) in [5.41, 5.74) is 4.63.